The highest BCUT2D eigenvalue weighted by Gasteiger charge is 2.06. The Bertz CT molecular complexity index is 590. The quantitative estimate of drug-likeness (QED) is 0.924. The van der Waals surface area contributed by atoms with E-state index in [1.165, 1.54) is 4.68 Å². The fraction of sp³-hybridized carbons (Fsp3) is 0.167. The fourth-order valence-electron chi connectivity index (χ4n) is 1.54. The summed E-state index contributed by atoms with van der Waals surface area (Å²) in [6, 6.07) is 9.31. The number of aromatic nitrogens is 2. The van der Waals surface area contributed by atoms with Gasteiger partial charge in [-0.3, -0.25) is 4.79 Å². The lowest BCUT2D eigenvalue weighted by Gasteiger charge is -2.06. The van der Waals surface area contributed by atoms with Crippen molar-refractivity contribution in [2.24, 2.45) is 0 Å². The fourth-order valence-corrected chi connectivity index (χ4v) is 1.80. The van der Waals surface area contributed by atoms with E-state index in [-0.39, 0.29) is 11.2 Å². The van der Waals surface area contributed by atoms with Gasteiger partial charge >= 0.3 is 0 Å². The van der Waals surface area contributed by atoms with E-state index < -0.39 is 0 Å². The minimum Gasteiger partial charge on any atom is -0.394 e. The number of hydrogen-bond donors (Lipinski definition) is 1. The molecule has 1 aromatic carbocycles. The number of rotatable bonds is 2. The van der Waals surface area contributed by atoms with E-state index in [9.17, 15) is 4.79 Å². The van der Waals surface area contributed by atoms with E-state index in [4.69, 9.17) is 5.73 Å². The Morgan fingerprint density at radius 1 is 1.35 bits per heavy atom. The van der Waals surface area contributed by atoms with Crippen molar-refractivity contribution in [1.82, 2.24) is 9.78 Å². The zero-order valence-corrected chi connectivity index (χ0v) is 10.9. The van der Waals surface area contributed by atoms with E-state index >= 15 is 0 Å². The molecule has 1 heterocycles. The van der Waals surface area contributed by atoms with Crippen molar-refractivity contribution in [2.45, 2.75) is 13.5 Å². The Morgan fingerprint density at radius 3 is 2.59 bits per heavy atom. The van der Waals surface area contributed by atoms with Crippen LogP contribution in [0.1, 0.15) is 6.92 Å². The number of nitrogens with two attached hydrogens (primary N) is 1. The van der Waals surface area contributed by atoms with E-state index in [2.05, 4.69) is 21.0 Å². The van der Waals surface area contributed by atoms with Gasteiger partial charge in [-0.15, -0.1) is 0 Å². The molecule has 0 atom stereocenters. The van der Waals surface area contributed by atoms with Crippen LogP contribution in [0.15, 0.2) is 39.6 Å². The van der Waals surface area contributed by atoms with Gasteiger partial charge in [0.05, 0.1) is 5.69 Å². The second-order valence-electron chi connectivity index (χ2n) is 3.61. The first kappa shape index (κ1) is 11.9. The second kappa shape index (κ2) is 4.71. The molecule has 2 aromatic rings. The van der Waals surface area contributed by atoms with Crippen molar-refractivity contribution in [3.63, 3.8) is 0 Å². The molecule has 0 bridgehead atoms. The summed E-state index contributed by atoms with van der Waals surface area (Å²) in [4.78, 5) is 11.6. The Kier molecular flexibility index (Phi) is 3.28. The van der Waals surface area contributed by atoms with Gasteiger partial charge in [0.15, 0.2) is 0 Å². The Morgan fingerprint density at radius 2 is 2.00 bits per heavy atom. The average molecular weight is 294 g/mol. The lowest BCUT2D eigenvalue weighted by atomic mass is 10.1. The number of anilines is 1. The van der Waals surface area contributed by atoms with Crippen molar-refractivity contribution in [2.75, 3.05) is 5.73 Å². The molecule has 2 rings (SSSR count). The van der Waals surface area contributed by atoms with Crippen LogP contribution >= 0.6 is 15.9 Å². The summed E-state index contributed by atoms with van der Waals surface area (Å²) in [6.07, 6.45) is 0. The van der Waals surface area contributed by atoms with Crippen LogP contribution in [0.4, 0.5) is 5.69 Å². The van der Waals surface area contributed by atoms with Crippen LogP contribution in [0.5, 0.6) is 0 Å². The molecule has 2 N–H and O–H groups in total. The van der Waals surface area contributed by atoms with Crippen LogP contribution in [0.3, 0.4) is 0 Å². The molecule has 4 nitrogen and oxygen atoms in total. The van der Waals surface area contributed by atoms with Gasteiger partial charge in [-0.05, 0) is 25.1 Å². The van der Waals surface area contributed by atoms with Gasteiger partial charge in [-0.25, -0.2) is 4.68 Å². The zero-order valence-electron chi connectivity index (χ0n) is 9.35. The summed E-state index contributed by atoms with van der Waals surface area (Å²) in [5.41, 5.74) is 7.30. The van der Waals surface area contributed by atoms with Crippen molar-refractivity contribution in [1.29, 1.82) is 0 Å². The first-order chi connectivity index (χ1) is 8.11. The highest BCUT2D eigenvalue weighted by atomic mass is 79.9. The molecule has 88 valence electrons. The highest BCUT2D eigenvalue weighted by molar-refractivity contribution is 9.10. The maximum absolute atomic E-state index is 11.6. The summed E-state index contributed by atoms with van der Waals surface area (Å²) in [6.45, 7) is 2.37. The number of nitrogens with zero attached hydrogens (tertiary/aromatic N) is 2. The molecule has 0 radical (unpaired) electrons. The average Bonchev–Trinajstić information content (AvgIpc) is 2.33. The van der Waals surface area contributed by atoms with Gasteiger partial charge in [0.1, 0.15) is 5.69 Å². The van der Waals surface area contributed by atoms with Gasteiger partial charge in [0.25, 0.3) is 5.56 Å². The first-order valence-corrected chi connectivity index (χ1v) is 6.04. The standard InChI is InChI=1S/C12H12BrN3O/c1-2-16-12(17)10(14)7-11(15-16)8-3-5-9(13)6-4-8/h3-7H,2,14H2,1H3. The molecule has 0 aliphatic rings. The summed E-state index contributed by atoms with van der Waals surface area (Å²) >= 11 is 3.37. The molecule has 1 aromatic heterocycles. The normalized spacial score (nSPS) is 10.5. The first-order valence-electron chi connectivity index (χ1n) is 5.25. The van der Waals surface area contributed by atoms with E-state index in [1.54, 1.807) is 6.07 Å². The molecule has 0 spiro atoms. The number of nitrogen functional groups attached to an aromatic ring is 1. The lowest BCUT2D eigenvalue weighted by Crippen LogP contribution is -2.24. The third kappa shape index (κ3) is 2.39. The zero-order chi connectivity index (χ0) is 12.4. The van der Waals surface area contributed by atoms with Crippen molar-refractivity contribution < 1.29 is 0 Å². The molecular weight excluding hydrogens is 282 g/mol. The number of aryl methyl sites for hydroxylation is 1. The summed E-state index contributed by atoms with van der Waals surface area (Å²) in [7, 11) is 0. The van der Waals surface area contributed by atoms with Crippen LogP contribution in [-0.4, -0.2) is 9.78 Å². The van der Waals surface area contributed by atoms with Crippen molar-refractivity contribution in [3.8, 4) is 11.3 Å². The van der Waals surface area contributed by atoms with Crippen LogP contribution in [-0.2, 0) is 6.54 Å². The summed E-state index contributed by atoms with van der Waals surface area (Å²) in [5, 5.41) is 4.26. The van der Waals surface area contributed by atoms with E-state index in [0.717, 1.165) is 10.0 Å². The molecule has 0 saturated carbocycles. The highest BCUT2D eigenvalue weighted by Crippen LogP contribution is 2.20. The van der Waals surface area contributed by atoms with Crippen molar-refractivity contribution >= 4 is 21.6 Å². The molecule has 0 aliphatic heterocycles. The lowest BCUT2D eigenvalue weighted by molar-refractivity contribution is 0.621. The monoisotopic (exact) mass is 293 g/mol. The maximum Gasteiger partial charge on any atom is 0.289 e. The molecular formula is C12H12BrN3O. The number of benzene rings is 1. The molecule has 0 aliphatic carbocycles. The predicted octanol–water partition coefficient (Wildman–Crippen LogP) is 2.27. The van der Waals surface area contributed by atoms with Gasteiger partial charge in [-0.2, -0.15) is 5.10 Å². The van der Waals surface area contributed by atoms with Crippen LogP contribution < -0.4 is 11.3 Å². The van der Waals surface area contributed by atoms with Crippen LogP contribution in [0, 0.1) is 0 Å². The Hall–Kier alpha value is -1.62. The van der Waals surface area contributed by atoms with Crippen LogP contribution in [0.25, 0.3) is 11.3 Å². The molecule has 17 heavy (non-hydrogen) atoms. The van der Waals surface area contributed by atoms with E-state index in [1.807, 2.05) is 31.2 Å². The molecule has 0 saturated heterocycles. The Labute approximate surface area is 107 Å². The number of hydrogen-bond acceptors (Lipinski definition) is 3. The number of halogens is 1. The predicted molar refractivity (Wildman–Crippen MR) is 71.7 cm³/mol. The minimum atomic E-state index is -0.242. The van der Waals surface area contributed by atoms with Gasteiger partial charge in [0.2, 0.25) is 0 Å². The summed E-state index contributed by atoms with van der Waals surface area (Å²) < 4.78 is 2.37. The third-order valence-corrected chi connectivity index (χ3v) is 2.97. The topological polar surface area (TPSA) is 60.9 Å². The van der Waals surface area contributed by atoms with Crippen molar-refractivity contribution in [3.05, 3.63) is 45.2 Å². The van der Waals surface area contributed by atoms with Gasteiger partial charge in [0, 0.05) is 16.6 Å². The largest absolute Gasteiger partial charge is 0.394 e. The second-order valence-corrected chi connectivity index (χ2v) is 4.53. The third-order valence-electron chi connectivity index (χ3n) is 2.44. The Balaban J connectivity index is 2.56. The summed E-state index contributed by atoms with van der Waals surface area (Å²) in [5.74, 6) is 0. The molecule has 0 amide bonds. The molecule has 0 fully saturated rings. The smallest absolute Gasteiger partial charge is 0.289 e. The SMILES string of the molecule is CCn1nc(-c2ccc(Br)cc2)cc(N)c1=O. The molecule has 5 heteroatoms. The minimum absolute atomic E-state index is 0.222. The van der Waals surface area contributed by atoms with Gasteiger partial charge < -0.3 is 5.73 Å². The van der Waals surface area contributed by atoms with Crippen LogP contribution in [0.2, 0.25) is 0 Å². The molecule has 0 unspecified atom stereocenters. The maximum atomic E-state index is 11.6. The van der Waals surface area contributed by atoms with Gasteiger partial charge in [-0.1, -0.05) is 28.1 Å². The van der Waals surface area contributed by atoms with E-state index in [0.29, 0.717) is 12.2 Å².